The monoisotopic (exact) mass is 428 g/mol. The third-order valence-corrected chi connectivity index (χ3v) is 6.41. The topological polar surface area (TPSA) is 89.9 Å². The van der Waals surface area contributed by atoms with Gasteiger partial charge in [-0.3, -0.25) is 4.79 Å². The van der Waals surface area contributed by atoms with Gasteiger partial charge in [0.05, 0.1) is 28.4 Å². The van der Waals surface area contributed by atoms with Crippen molar-refractivity contribution in [1.29, 1.82) is 0 Å². The molecule has 0 N–H and O–H groups in total. The number of pyridine rings is 2. The van der Waals surface area contributed by atoms with Crippen molar-refractivity contribution in [2.75, 3.05) is 6.54 Å². The first-order valence-electron chi connectivity index (χ1n) is 11.2. The van der Waals surface area contributed by atoms with E-state index in [0.717, 1.165) is 53.9 Å². The van der Waals surface area contributed by atoms with E-state index in [-0.39, 0.29) is 11.9 Å². The van der Waals surface area contributed by atoms with Crippen LogP contribution < -0.4 is 0 Å². The number of nitrogens with zero attached hydrogens (tertiary/aromatic N) is 6. The number of aromatic nitrogens is 5. The van der Waals surface area contributed by atoms with Crippen LogP contribution in [0.1, 0.15) is 70.8 Å². The third-order valence-electron chi connectivity index (χ3n) is 6.41. The lowest BCUT2D eigenvalue weighted by molar-refractivity contribution is 0.0716. The normalized spacial score (nSPS) is 18.6. The first kappa shape index (κ1) is 19.2. The number of carbonyl (C=O) groups is 1. The molecule has 1 atom stereocenters. The fourth-order valence-corrected chi connectivity index (χ4v) is 4.70. The second-order valence-corrected chi connectivity index (χ2v) is 8.78. The Kier molecular flexibility index (Phi) is 4.34. The van der Waals surface area contributed by atoms with E-state index in [0.29, 0.717) is 29.5 Å². The summed E-state index contributed by atoms with van der Waals surface area (Å²) in [7, 11) is 0. The Morgan fingerprint density at radius 2 is 2.03 bits per heavy atom. The summed E-state index contributed by atoms with van der Waals surface area (Å²) in [6.07, 6.45) is 5.75. The molecule has 6 rings (SSSR count). The first-order chi connectivity index (χ1) is 15.6. The number of fused-ring (bicyclic) bond motifs is 1. The summed E-state index contributed by atoms with van der Waals surface area (Å²) in [5.41, 5.74) is 3.92. The highest BCUT2D eigenvalue weighted by atomic mass is 16.5. The summed E-state index contributed by atoms with van der Waals surface area (Å²) in [5.74, 6) is 1.85. The van der Waals surface area contributed by atoms with Gasteiger partial charge in [0, 0.05) is 30.4 Å². The van der Waals surface area contributed by atoms with Crippen molar-refractivity contribution >= 4 is 16.9 Å². The number of aryl methyl sites for hydroxylation is 2. The highest BCUT2D eigenvalue weighted by Crippen LogP contribution is 2.41. The molecule has 1 aliphatic carbocycles. The van der Waals surface area contributed by atoms with Crippen LogP contribution in [0.5, 0.6) is 0 Å². The minimum atomic E-state index is -0.0950. The van der Waals surface area contributed by atoms with Crippen molar-refractivity contribution in [1.82, 2.24) is 29.8 Å². The third kappa shape index (κ3) is 3.09. The van der Waals surface area contributed by atoms with Crippen LogP contribution in [0.15, 0.2) is 41.1 Å². The number of likely N-dealkylation sites (tertiary alicyclic amines) is 1. The van der Waals surface area contributed by atoms with E-state index < -0.39 is 0 Å². The summed E-state index contributed by atoms with van der Waals surface area (Å²) in [6.45, 7) is 4.52. The molecule has 4 aromatic rings. The van der Waals surface area contributed by atoms with Crippen LogP contribution in [0.2, 0.25) is 0 Å². The first-order valence-corrected chi connectivity index (χ1v) is 11.2. The van der Waals surface area contributed by atoms with Gasteiger partial charge in [0.25, 0.3) is 5.91 Å². The number of hydrogen-bond donors (Lipinski definition) is 0. The average molecular weight is 428 g/mol. The maximum Gasteiger partial charge on any atom is 0.255 e. The van der Waals surface area contributed by atoms with Gasteiger partial charge in [0.2, 0.25) is 0 Å². The Morgan fingerprint density at radius 3 is 2.75 bits per heavy atom. The zero-order valence-corrected chi connectivity index (χ0v) is 18.2. The molecule has 1 saturated carbocycles. The van der Waals surface area contributed by atoms with Gasteiger partial charge in [-0.05, 0) is 57.7 Å². The second kappa shape index (κ2) is 7.25. The van der Waals surface area contributed by atoms with E-state index >= 15 is 0 Å². The predicted octanol–water partition coefficient (Wildman–Crippen LogP) is 4.28. The van der Waals surface area contributed by atoms with Crippen LogP contribution in [-0.2, 0) is 0 Å². The van der Waals surface area contributed by atoms with Gasteiger partial charge in [-0.2, -0.15) is 9.78 Å². The van der Waals surface area contributed by atoms with Gasteiger partial charge in [0.1, 0.15) is 0 Å². The molecule has 0 bridgehead atoms. The van der Waals surface area contributed by atoms with Crippen molar-refractivity contribution in [3.8, 4) is 5.82 Å². The zero-order chi connectivity index (χ0) is 21.8. The molecule has 1 aliphatic heterocycles. The highest BCUT2D eigenvalue weighted by molar-refractivity contribution is 6.07. The lowest BCUT2D eigenvalue weighted by Gasteiger charge is -2.23. The van der Waals surface area contributed by atoms with Gasteiger partial charge < -0.3 is 9.42 Å². The molecule has 162 valence electrons. The Bertz CT molecular complexity index is 1320. The highest BCUT2D eigenvalue weighted by Gasteiger charge is 2.36. The Hall–Kier alpha value is -3.55. The van der Waals surface area contributed by atoms with Gasteiger partial charge in [-0.15, -0.1) is 0 Å². The van der Waals surface area contributed by atoms with E-state index in [1.165, 1.54) is 0 Å². The van der Waals surface area contributed by atoms with Crippen LogP contribution in [-0.4, -0.2) is 42.3 Å². The molecular weight excluding hydrogens is 404 g/mol. The molecule has 1 amide bonds. The summed E-state index contributed by atoms with van der Waals surface area (Å²) >= 11 is 0. The molecule has 1 unspecified atom stereocenters. The predicted molar refractivity (Wildman–Crippen MR) is 118 cm³/mol. The molecule has 0 aromatic carbocycles. The maximum absolute atomic E-state index is 13.9. The van der Waals surface area contributed by atoms with Crippen LogP contribution in [0.3, 0.4) is 0 Å². The molecule has 1 saturated heterocycles. The number of carbonyl (C=O) groups excluding carboxylic acids is 1. The van der Waals surface area contributed by atoms with E-state index in [2.05, 4.69) is 10.1 Å². The van der Waals surface area contributed by atoms with E-state index in [1.807, 2.05) is 49.1 Å². The smallest absolute Gasteiger partial charge is 0.255 e. The Labute approximate surface area is 185 Å². The van der Waals surface area contributed by atoms with Crippen LogP contribution in [0, 0.1) is 13.8 Å². The molecule has 2 fully saturated rings. The zero-order valence-electron chi connectivity index (χ0n) is 18.2. The molecule has 0 spiro atoms. The number of hydrogen-bond acceptors (Lipinski definition) is 6. The average Bonchev–Trinajstić information content (AvgIpc) is 3.22. The lowest BCUT2D eigenvalue weighted by atomic mass is 10.1. The van der Waals surface area contributed by atoms with Crippen LogP contribution >= 0.6 is 0 Å². The SMILES string of the molecule is Cc1cc(C2CCCN2C(=O)c2cc(C3CC3)nc3c2c(C)nn3-c2ccccn2)on1. The quantitative estimate of drug-likeness (QED) is 0.482. The van der Waals surface area contributed by atoms with Crippen molar-refractivity contribution in [3.05, 3.63) is 64.9 Å². The second-order valence-electron chi connectivity index (χ2n) is 8.78. The van der Waals surface area contributed by atoms with E-state index in [9.17, 15) is 4.79 Å². The Morgan fingerprint density at radius 1 is 1.16 bits per heavy atom. The molecule has 0 radical (unpaired) electrons. The number of amides is 1. The molecule has 32 heavy (non-hydrogen) atoms. The molecule has 5 heterocycles. The van der Waals surface area contributed by atoms with Crippen molar-refractivity contribution < 1.29 is 9.32 Å². The van der Waals surface area contributed by atoms with Crippen molar-refractivity contribution in [2.45, 2.75) is 51.5 Å². The number of rotatable bonds is 4. The summed E-state index contributed by atoms with van der Waals surface area (Å²) in [4.78, 5) is 25.2. The summed E-state index contributed by atoms with van der Waals surface area (Å²) < 4.78 is 7.29. The van der Waals surface area contributed by atoms with E-state index in [1.54, 1.807) is 10.9 Å². The van der Waals surface area contributed by atoms with Gasteiger partial charge in [0.15, 0.2) is 17.2 Å². The summed E-state index contributed by atoms with van der Waals surface area (Å²) in [5, 5.41) is 9.55. The Balaban J connectivity index is 1.49. The van der Waals surface area contributed by atoms with Gasteiger partial charge in [-0.1, -0.05) is 11.2 Å². The van der Waals surface area contributed by atoms with Crippen molar-refractivity contribution in [3.63, 3.8) is 0 Å². The van der Waals surface area contributed by atoms with Gasteiger partial charge in [-0.25, -0.2) is 9.97 Å². The molecular formula is C24H24N6O2. The van der Waals surface area contributed by atoms with Gasteiger partial charge >= 0.3 is 0 Å². The largest absolute Gasteiger partial charge is 0.359 e. The van der Waals surface area contributed by atoms with Crippen LogP contribution in [0.4, 0.5) is 0 Å². The van der Waals surface area contributed by atoms with Crippen molar-refractivity contribution in [2.24, 2.45) is 0 Å². The minimum Gasteiger partial charge on any atom is -0.359 e. The fourth-order valence-electron chi connectivity index (χ4n) is 4.70. The molecule has 8 nitrogen and oxygen atoms in total. The molecule has 8 heteroatoms. The molecule has 4 aromatic heterocycles. The van der Waals surface area contributed by atoms with E-state index in [4.69, 9.17) is 14.6 Å². The van der Waals surface area contributed by atoms with Crippen LogP contribution in [0.25, 0.3) is 16.9 Å². The standard InChI is InChI=1S/C24H24N6O2/c1-14-12-20(32-28-14)19-6-5-11-29(19)24(31)17-13-18(16-8-9-16)26-23-22(17)15(2)27-30(23)21-7-3-4-10-25-21/h3-4,7,10,12-13,16,19H,5-6,8-9,11H2,1-2H3. The minimum absolute atomic E-state index is 0.000441. The fraction of sp³-hybridized carbons (Fsp3) is 0.375. The summed E-state index contributed by atoms with van der Waals surface area (Å²) in [6, 6.07) is 9.53. The molecule has 2 aliphatic rings. The maximum atomic E-state index is 13.9. The lowest BCUT2D eigenvalue weighted by Crippen LogP contribution is -2.30.